The number of fused-ring (bicyclic) bond motifs is 2. The van der Waals surface area contributed by atoms with E-state index >= 15 is 0 Å². The lowest BCUT2D eigenvalue weighted by molar-refractivity contribution is 0.620. The summed E-state index contributed by atoms with van der Waals surface area (Å²) in [6.07, 6.45) is 3.64. The van der Waals surface area contributed by atoms with Gasteiger partial charge >= 0.3 is 0 Å². The molecule has 0 saturated heterocycles. The Morgan fingerprint density at radius 3 is 3.05 bits per heavy atom. The van der Waals surface area contributed by atoms with Gasteiger partial charge in [-0.05, 0) is 30.3 Å². The average Bonchev–Trinajstić information content (AvgIpc) is 3.00. The fourth-order valence-corrected chi connectivity index (χ4v) is 2.16. The Morgan fingerprint density at radius 1 is 1.16 bits per heavy atom. The van der Waals surface area contributed by atoms with E-state index in [2.05, 4.69) is 10.1 Å². The molecular formula is C14H10N4O. The van der Waals surface area contributed by atoms with Crippen LogP contribution in [0.2, 0.25) is 0 Å². The molecule has 0 saturated carbocycles. The zero-order chi connectivity index (χ0) is 12.8. The van der Waals surface area contributed by atoms with Gasteiger partial charge in [0.2, 0.25) is 5.89 Å². The van der Waals surface area contributed by atoms with Gasteiger partial charge in [0.1, 0.15) is 5.52 Å². The molecule has 19 heavy (non-hydrogen) atoms. The summed E-state index contributed by atoms with van der Waals surface area (Å²) in [5.41, 5.74) is 9.73. The van der Waals surface area contributed by atoms with Crippen molar-refractivity contribution < 1.29 is 4.42 Å². The monoisotopic (exact) mass is 250 g/mol. The van der Waals surface area contributed by atoms with E-state index < -0.39 is 0 Å². The molecule has 1 aromatic carbocycles. The van der Waals surface area contributed by atoms with Crippen molar-refractivity contribution in [2.24, 2.45) is 0 Å². The van der Waals surface area contributed by atoms with Gasteiger partial charge in [-0.1, -0.05) is 6.07 Å². The first kappa shape index (κ1) is 10.1. The first-order valence-corrected chi connectivity index (χ1v) is 5.90. The van der Waals surface area contributed by atoms with E-state index in [0.717, 1.165) is 22.2 Å². The summed E-state index contributed by atoms with van der Waals surface area (Å²) in [5, 5.41) is 4.27. The molecule has 0 aliphatic carbocycles. The number of nitrogens with zero attached hydrogens (tertiary/aromatic N) is 3. The van der Waals surface area contributed by atoms with Gasteiger partial charge in [-0.3, -0.25) is 0 Å². The minimum Gasteiger partial charge on any atom is -0.436 e. The Balaban J connectivity index is 1.99. The minimum atomic E-state index is 0.557. The molecule has 0 aliphatic rings. The van der Waals surface area contributed by atoms with Crippen LogP contribution in [0.15, 0.2) is 53.2 Å². The van der Waals surface area contributed by atoms with Gasteiger partial charge in [-0.25, -0.2) is 9.50 Å². The van der Waals surface area contributed by atoms with Crippen molar-refractivity contribution in [3.8, 4) is 11.5 Å². The molecule has 0 spiro atoms. The maximum atomic E-state index is 5.76. The van der Waals surface area contributed by atoms with Gasteiger partial charge in [0, 0.05) is 11.9 Å². The fourth-order valence-electron chi connectivity index (χ4n) is 2.16. The highest BCUT2D eigenvalue weighted by Gasteiger charge is 2.13. The maximum Gasteiger partial charge on any atom is 0.231 e. The van der Waals surface area contributed by atoms with Crippen molar-refractivity contribution in [2.45, 2.75) is 0 Å². The van der Waals surface area contributed by atoms with E-state index in [-0.39, 0.29) is 0 Å². The van der Waals surface area contributed by atoms with Crippen LogP contribution in [0.25, 0.3) is 28.1 Å². The first-order valence-electron chi connectivity index (χ1n) is 5.90. The van der Waals surface area contributed by atoms with Crippen LogP contribution >= 0.6 is 0 Å². The number of anilines is 1. The minimum absolute atomic E-state index is 0.557. The lowest BCUT2D eigenvalue weighted by Gasteiger charge is -1.92. The third-order valence-electron chi connectivity index (χ3n) is 3.07. The number of hydrogen-bond acceptors (Lipinski definition) is 4. The SMILES string of the molecule is Nc1ccc2oc(-c3cnn4ccccc34)nc2c1. The number of nitrogens with two attached hydrogens (primary N) is 1. The van der Waals surface area contributed by atoms with E-state index in [0.29, 0.717) is 11.6 Å². The predicted octanol–water partition coefficient (Wildman–Crippen LogP) is 2.72. The van der Waals surface area contributed by atoms with Crippen molar-refractivity contribution >= 4 is 22.3 Å². The van der Waals surface area contributed by atoms with Gasteiger partial charge in [-0.2, -0.15) is 5.10 Å². The van der Waals surface area contributed by atoms with Crippen molar-refractivity contribution in [3.63, 3.8) is 0 Å². The molecule has 92 valence electrons. The third kappa shape index (κ3) is 1.48. The zero-order valence-electron chi connectivity index (χ0n) is 9.95. The second kappa shape index (κ2) is 3.58. The number of nitrogen functional groups attached to an aromatic ring is 1. The molecule has 0 bridgehead atoms. The van der Waals surface area contributed by atoms with Crippen LogP contribution in [0.1, 0.15) is 0 Å². The quantitative estimate of drug-likeness (QED) is 0.527. The molecule has 5 nitrogen and oxygen atoms in total. The number of aromatic nitrogens is 3. The number of benzene rings is 1. The van der Waals surface area contributed by atoms with Crippen LogP contribution in [0.5, 0.6) is 0 Å². The molecule has 4 rings (SSSR count). The number of oxazole rings is 1. The highest BCUT2D eigenvalue weighted by atomic mass is 16.3. The first-order chi connectivity index (χ1) is 9.31. The molecule has 5 heteroatoms. The molecule has 2 N–H and O–H groups in total. The lowest BCUT2D eigenvalue weighted by Crippen LogP contribution is -1.83. The van der Waals surface area contributed by atoms with Gasteiger partial charge in [-0.15, -0.1) is 0 Å². The molecule has 4 aromatic rings. The normalized spacial score (nSPS) is 11.4. The van der Waals surface area contributed by atoms with Crippen molar-refractivity contribution in [1.29, 1.82) is 0 Å². The van der Waals surface area contributed by atoms with Crippen LogP contribution in [0.4, 0.5) is 5.69 Å². The summed E-state index contributed by atoms with van der Waals surface area (Å²) in [5.74, 6) is 0.557. The molecule has 0 fully saturated rings. The molecule has 0 radical (unpaired) electrons. The van der Waals surface area contributed by atoms with E-state index in [1.165, 1.54) is 0 Å². The van der Waals surface area contributed by atoms with Gasteiger partial charge in [0.25, 0.3) is 0 Å². The standard InChI is InChI=1S/C14H10N4O/c15-9-4-5-13-11(7-9)17-14(19-13)10-8-16-18-6-2-1-3-12(10)18/h1-8H,15H2. The molecule has 3 heterocycles. The number of rotatable bonds is 1. The van der Waals surface area contributed by atoms with E-state index in [4.69, 9.17) is 10.2 Å². The number of hydrogen-bond donors (Lipinski definition) is 1. The van der Waals surface area contributed by atoms with Crippen LogP contribution in [-0.2, 0) is 0 Å². The summed E-state index contributed by atoms with van der Waals surface area (Å²) in [6.45, 7) is 0. The highest BCUT2D eigenvalue weighted by molar-refractivity contribution is 5.82. The van der Waals surface area contributed by atoms with Crippen molar-refractivity contribution in [3.05, 3.63) is 48.8 Å². The molecule has 0 aliphatic heterocycles. The number of pyridine rings is 1. The summed E-state index contributed by atoms with van der Waals surface area (Å²) in [4.78, 5) is 4.47. The highest BCUT2D eigenvalue weighted by Crippen LogP contribution is 2.28. The molecular weight excluding hydrogens is 240 g/mol. The largest absolute Gasteiger partial charge is 0.436 e. The van der Waals surface area contributed by atoms with Crippen LogP contribution < -0.4 is 5.73 Å². The predicted molar refractivity (Wildman–Crippen MR) is 72.6 cm³/mol. The topological polar surface area (TPSA) is 69.3 Å². The van der Waals surface area contributed by atoms with E-state index in [9.17, 15) is 0 Å². The smallest absolute Gasteiger partial charge is 0.231 e. The zero-order valence-corrected chi connectivity index (χ0v) is 9.95. The summed E-state index contributed by atoms with van der Waals surface area (Å²) in [7, 11) is 0. The Labute approximate surface area is 108 Å². The second-order valence-electron chi connectivity index (χ2n) is 4.33. The molecule has 0 atom stereocenters. The Kier molecular flexibility index (Phi) is 1.91. The van der Waals surface area contributed by atoms with E-state index in [1.807, 2.05) is 30.5 Å². The van der Waals surface area contributed by atoms with Gasteiger partial charge < -0.3 is 10.2 Å². The third-order valence-corrected chi connectivity index (χ3v) is 3.07. The fraction of sp³-hybridized carbons (Fsp3) is 0. The van der Waals surface area contributed by atoms with Gasteiger partial charge in [0.15, 0.2) is 5.58 Å². The van der Waals surface area contributed by atoms with Crippen molar-refractivity contribution in [1.82, 2.24) is 14.6 Å². The molecule has 3 aromatic heterocycles. The lowest BCUT2D eigenvalue weighted by atomic mass is 10.2. The van der Waals surface area contributed by atoms with Gasteiger partial charge in [0.05, 0.1) is 17.3 Å². The van der Waals surface area contributed by atoms with Crippen LogP contribution in [0, 0.1) is 0 Å². The average molecular weight is 250 g/mol. The summed E-state index contributed by atoms with van der Waals surface area (Å²) in [6, 6.07) is 11.3. The summed E-state index contributed by atoms with van der Waals surface area (Å²) >= 11 is 0. The Bertz CT molecular complexity index is 891. The van der Waals surface area contributed by atoms with E-state index in [1.54, 1.807) is 22.8 Å². The van der Waals surface area contributed by atoms with Crippen molar-refractivity contribution in [2.75, 3.05) is 5.73 Å². The van der Waals surface area contributed by atoms with Crippen LogP contribution in [0.3, 0.4) is 0 Å². The summed E-state index contributed by atoms with van der Waals surface area (Å²) < 4.78 is 7.55. The van der Waals surface area contributed by atoms with Crippen LogP contribution in [-0.4, -0.2) is 14.6 Å². The Morgan fingerprint density at radius 2 is 2.11 bits per heavy atom. The second-order valence-corrected chi connectivity index (χ2v) is 4.33. The molecule has 0 amide bonds. The maximum absolute atomic E-state index is 5.76. The Hall–Kier alpha value is -2.82. The molecule has 0 unspecified atom stereocenters.